The molecule has 0 aliphatic rings. The number of nitrogen functional groups attached to an aromatic ring is 1. The average molecular weight is 290 g/mol. The first-order valence-electron chi connectivity index (χ1n) is 4.69. The number of pyridine rings is 1. The minimum Gasteiger partial charge on any atom is -0.396 e. The van der Waals surface area contributed by atoms with Crippen LogP contribution in [-0.4, -0.2) is 30.1 Å². The van der Waals surface area contributed by atoms with E-state index in [0.29, 0.717) is 11.7 Å². The maximum absolute atomic E-state index is 5.92. The molecule has 3 nitrogen and oxygen atoms in total. The van der Waals surface area contributed by atoms with Gasteiger partial charge in [-0.3, -0.25) is 0 Å². The van der Waals surface area contributed by atoms with E-state index in [0.717, 1.165) is 16.0 Å². The number of halogens is 1. The van der Waals surface area contributed by atoms with Gasteiger partial charge in [0.25, 0.3) is 0 Å². The summed E-state index contributed by atoms with van der Waals surface area (Å²) in [4.78, 5) is 6.44. The number of anilines is 2. The van der Waals surface area contributed by atoms with Crippen LogP contribution >= 0.6 is 27.7 Å². The molecule has 0 fully saturated rings. The summed E-state index contributed by atoms with van der Waals surface area (Å²) in [5.74, 6) is 1.91. The second-order valence-electron chi connectivity index (χ2n) is 3.48. The monoisotopic (exact) mass is 289 g/mol. The van der Waals surface area contributed by atoms with E-state index < -0.39 is 0 Å². The Balaban J connectivity index is 2.86. The molecule has 15 heavy (non-hydrogen) atoms. The standard InChI is InChI=1S/C10H16BrN3S/c1-7(6-15-3)14(2)10-9(12)4-8(11)5-13-10/h4-5,7H,6,12H2,1-3H3. The molecule has 0 aliphatic carbocycles. The minimum atomic E-state index is 0.427. The molecule has 0 radical (unpaired) electrons. The molecule has 1 aromatic heterocycles. The summed E-state index contributed by atoms with van der Waals surface area (Å²) < 4.78 is 0.912. The largest absolute Gasteiger partial charge is 0.396 e. The summed E-state index contributed by atoms with van der Waals surface area (Å²) in [6.07, 6.45) is 3.87. The first-order valence-corrected chi connectivity index (χ1v) is 6.87. The molecular formula is C10H16BrN3S. The van der Waals surface area contributed by atoms with Gasteiger partial charge in [-0.25, -0.2) is 4.98 Å². The van der Waals surface area contributed by atoms with E-state index in [1.165, 1.54) is 0 Å². The lowest BCUT2D eigenvalue weighted by Gasteiger charge is -2.26. The normalized spacial score (nSPS) is 12.5. The van der Waals surface area contributed by atoms with Crippen LogP contribution < -0.4 is 10.6 Å². The number of hydrogen-bond donors (Lipinski definition) is 1. The molecule has 5 heteroatoms. The van der Waals surface area contributed by atoms with Crippen LogP contribution in [0, 0.1) is 0 Å². The number of thioether (sulfide) groups is 1. The van der Waals surface area contributed by atoms with Gasteiger partial charge in [-0.1, -0.05) is 0 Å². The van der Waals surface area contributed by atoms with Gasteiger partial charge >= 0.3 is 0 Å². The Morgan fingerprint density at radius 2 is 2.33 bits per heavy atom. The molecule has 2 N–H and O–H groups in total. The van der Waals surface area contributed by atoms with Crippen molar-refractivity contribution in [1.29, 1.82) is 0 Å². The Hall–Kier alpha value is -0.420. The Morgan fingerprint density at radius 3 is 2.87 bits per heavy atom. The van der Waals surface area contributed by atoms with Crippen molar-refractivity contribution in [3.8, 4) is 0 Å². The van der Waals surface area contributed by atoms with Gasteiger partial charge in [0.2, 0.25) is 0 Å². The molecule has 1 atom stereocenters. The smallest absolute Gasteiger partial charge is 0.151 e. The summed E-state index contributed by atoms with van der Waals surface area (Å²) in [6, 6.07) is 2.31. The number of aromatic nitrogens is 1. The van der Waals surface area contributed by atoms with E-state index in [4.69, 9.17) is 5.73 Å². The summed E-state index contributed by atoms with van der Waals surface area (Å²) in [5, 5.41) is 0. The first-order chi connectivity index (χ1) is 7.06. The van der Waals surface area contributed by atoms with Crippen LogP contribution in [0.3, 0.4) is 0 Å². The average Bonchev–Trinajstić information content (AvgIpc) is 2.17. The summed E-state index contributed by atoms with van der Waals surface area (Å²) in [6.45, 7) is 2.17. The fraction of sp³-hybridized carbons (Fsp3) is 0.500. The van der Waals surface area contributed by atoms with Crippen molar-refractivity contribution in [2.24, 2.45) is 0 Å². The van der Waals surface area contributed by atoms with E-state index >= 15 is 0 Å². The molecule has 0 saturated heterocycles. The van der Waals surface area contributed by atoms with Crippen molar-refractivity contribution < 1.29 is 0 Å². The zero-order valence-corrected chi connectivity index (χ0v) is 11.6. The van der Waals surface area contributed by atoms with Crippen LogP contribution in [0.1, 0.15) is 6.92 Å². The van der Waals surface area contributed by atoms with Crippen LogP contribution in [0.25, 0.3) is 0 Å². The van der Waals surface area contributed by atoms with Crippen molar-refractivity contribution in [2.45, 2.75) is 13.0 Å². The molecule has 0 saturated carbocycles. The van der Waals surface area contributed by atoms with Gasteiger partial charge in [-0.15, -0.1) is 0 Å². The van der Waals surface area contributed by atoms with Crippen molar-refractivity contribution >= 4 is 39.2 Å². The molecule has 0 spiro atoms. The van der Waals surface area contributed by atoms with Crippen molar-refractivity contribution in [1.82, 2.24) is 4.98 Å². The molecule has 0 aromatic carbocycles. The minimum absolute atomic E-state index is 0.427. The SMILES string of the molecule is CSCC(C)N(C)c1ncc(Br)cc1N. The Bertz CT molecular complexity index is 332. The maximum atomic E-state index is 5.92. The third-order valence-corrected chi connectivity index (χ3v) is 3.51. The third-order valence-electron chi connectivity index (χ3n) is 2.26. The van der Waals surface area contributed by atoms with Gasteiger partial charge in [0.05, 0.1) is 5.69 Å². The van der Waals surface area contributed by atoms with E-state index in [1.807, 2.05) is 24.9 Å². The third kappa shape index (κ3) is 3.28. The highest BCUT2D eigenvalue weighted by Crippen LogP contribution is 2.24. The molecule has 1 aromatic rings. The number of rotatable bonds is 4. The van der Waals surface area contributed by atoms with Crippen molar-refractivity contribution in [2.75, 3.05) is 29.7 Å². The summed E-state index contributed by atoms with van der Waals surface area (Å²) in [5.41, 5.74) is 6.62. The van der Waals surface area contributed by atoms with Gasteiger partial charge < -0.3 is 10.6 Å². The highest BCUT2D eigenvalue weighted by molar-refractivity contribution is 9.10. The van der Waals surface area contributed by atoms with Crippen molar-refractivity contribution in [3.63, 3.8) is 0 Å². The van der Waals surface area contributed by atoms with Gasteiger partial charge in [0.15, 0.2) is 5.82 Å². The fourth-order valence-corrected chi connectivity index (χ4v) is 2.36. The topological polar surface area (TPSA) is 42.2 Å². The zero-order chi connectivity index (χ0) is 11.4. The van der Waals surface area contributed by atoms with Gasteiger partial charge in [-0.2, -0.15) is 11.8 Å². The van der Waals surface area contributed by atoms with E-state index in [2.05, 4.69) is 39.0 Å². The second kappa shape index (κ2) is 5.61. The lowest BCUT2D eigenvalue weighted by Crippen LogP contribution is -2.32. The lowest BCUT2D eigenvalue weighted by atomic mass is 10.3. The predicted molar refractivity (Wildman–Crippen MR) is 72.6 cm³/mol. The van der Waals surface area contributed by atoms with Crippen LogP contribution in [0.4, 0.5) is 11.5 Å². The molecule has 1 unspecified atom stereocenters. The molecule has 0 bridgehead atoms. The number of nitrogens with zero attached hydrogens (tertiary/aromatic N) is 2. The Morgan fingerprint density at radius 1 is 1.67 bits per heavy atom. The van der Waals surface area contributed by atoms with Crippen LogP contribution in [-0.2, 0) is 0 Å². The molecule has 0 aliphatic heterocycles. The molecule has 1 rings (SSSR count). The van der Waals surface area contributed by atoms with Gasteiger partial charge in [-0.05, 0) is 35.2 Å². The van der Waals surface area contributed by atoms with Crippen LogP contribution in [0.5, 0.6) is 0 Å². The van der Waals surface area contributed by atoms with Crippen LogP contribution in [0.2, 0.25) is 0 Å². The molecular weight excluding hydrogens is 274 g/mol. The summed E-state index contributed by atoms with van der Waals surface area (Å²) >= 11 is 5.17. The molecule has 84 valence electrons. The van der Waals surface area contributed by atoms with Crippen LogP contribution in [0.15, 0.2) is 16.7 Å². The first kappa shape index (κ1) is 12.6. The fourth-order valence-electron chi connectivity index (χ4n) is 1.30. The molecule has 0 amide bonds. The summed E-state index contributed by atoms with van der Waals surface area (Å²) in [7, 11) is 2.02. The highest BCUT2D eigenvalue weighted by Gasteiger charge is 2.13. The van der Waals surface area contributed by atoms with E-state index in [9.17, 15) is 0 Å². The number of nitrogens with two attached hydrogens (primary N) is 1. The second-order valence-corrected chi connectivity index (χ2v) is 5.31. The van der Waals surface area contributed by atoms with E-state index in [1.54, 1.807) is 6.20 Å². The lowest BCUT2D eigenvalue weighted by molar-refractivity contribution is 0.754. The van der Waals surface area contributed by atoms with Gasteiger partial charge in [0.1, 0.15) is 0 Å². The number of hydrogen-bond acceptors (Lipinski definition) is 4. The van der Waals surface area contributed by atoms with E-state index in [-0.39, 0.29) is 0 Å². The maximum Gasteiger partial charge on any atom is 0.151 e. The zero-order valence-electron chi connectivity index (χ0n) is 9.20. The molecule has 1 heterocycles. The highest BCUT2D eigenvalue weighted by atomic mass is 79.9. The van der Waals surface area contributed by atoms with Crippen molar-refractivity contribution in [3.05, 3.63) is 16.7 Å². The Labute approximate surface area is 104 Å². The predicted octanol–water partition coefficient (Wildman–Crippen LogP) is 2.61. The van der Waals surface area contributed by atoms with Gasteiger partial charge in [0, 0.05) is 29.5 Å². The Kier molecular flexibility index (Phi) is 4.73. The quantitative estimate of drug-likeness (QED) is 0.925.